The van der Waals surface area contributed by atoms with Crippen LogP contribution in [0.15, 0.2) is 6.20 Å². The monoisotopic (exact) mass is 299 g/mol. The molecule has 0 radical (unpaired) electrons. The summed E-state index contributed by atoms with van der Waals surface area (Å²) in [5.41, 5.74) is -0.669. The summed E-state index contributed by atoms with van der Waals surface area (Å²) in [5, 5.41) is 38.2. The fourth-order valence-electron chi connectivity index (χ4n) is 2.73. The number of ether oxygens (including phenoxy) is 2. The van der Waals surface area contributed by atoms with Crippen LogP contribution in [0, 0.1) is 0 Å². The summed E-state index contributed by atoms with van der Waals surface area (Å²) >= 11 is 0. The highest BCUT2D eigenvalue weighted by Gasteiger charge is 2.59. The number of aliphatic hydroxyl groups excluding tert-OH is 3. The molecule has 118 valence electrons. The van der Waals surface area contributed by atoms with E-state index in [0.717, 1.165) is 5.69 Å². The molecule has 0 saturated carbocycles. The molecule has 3 heterocycles. The number of hydrogen-bond donors (Lipinski definition) is 3. The Morgan fingerprint density at radius 3 is 2.71 bits per heavy atom. The lowest BCUT2D eigenvalue weighted by Crippen LogP contribution is -2.60. The van der Waals surface area contributed by atoms with Crippen molar-refractivity contribution in [3.63, 3.8) is 0 Å². The Hall–Kier alpha value is -1.06. The summed E-state index contributed by atoms with van der Waals surface area (Å²) in [6.07, 6.45) is -1.47. The SMILES string of the molecule is CC(C)(C)c1cn([C@H]2[C@H]3OC[C@](CO)(O3)[C@H](O)[C@@H]2O)nn1. The van der Waals surface area contributed by atoms with Crippen molar-refractivity contribution in [2.75, 3.05) is 13.2 Å². The molecule has 2 bridgehead atoms. The zero-order chi connectivity index (χ0) is 15.4. The van der Waals surface area contributed by atoms with Gasteiger partial charge in [-0.05, 0) is 0 Å². The van der Waals surface area contributed by atoms with Gasteiger partial charge in [0.15, 0.2) is 6.29 Å². The molecule has 3 rings (SSSR count). The van der Waals surface area contributed by atoms with Gasteiger partial charge in [0, 0.05) is 11.6 Å². The number of aromatic nitrogens is 3. The molecule has 3 N–H and O–H groups in total. The van der Waals surface area contributed by atoms with Crippen molar-refractivity contribution in [2.45, 2.75) is 56.3 Å². The average molecular weight is 299 g/mol. The van der Waals surface area contributed by atoms with Crippen LogP contribution < -0.4 is 0 Å². The highest BCUT2D eigenvalue weighted by atomic mass is 16.7. The molecule has 2 aliphatic heterocycles. The van der Waals surface area contributed by atoms with Gasteiger partial charge in [-0.3, -0.25) is 0 Å². The van der Waals surface area contributed by atoms with E-state index in [4.69, 9.17) is 9.47 Å². The zero-order valence-corrected chi connectivity index (χ0v) is 12.3. The molecule has 0 aromatic carbocycles. The molecule has 0 amide bonds. The van der Waals surface area contributed by atoms with E-state index in [2.05, 4.69) is 10.3 Å². The van der Waals surface area contributed by atoms with Crippen molar-refractivity contribution in [1.82, 2.24) is 15.0 Å². The van der Waals surface area contributed by atoms with Crippen molar-refractivity contribution >= 4 is 0 Å². The predicted molar refractivity (Wildman–Crippen MR) is 70.4 cm³/mol. The van der Waals surface area contributed by atoms with E-state index in [0.29, 0.717) is 0 Å². The highest BCUT2D eigenvalue weighted by Crippen LogP contribution is 2.41. The second-order valence-electron chi connectivity index (χ2n) is 6.78. The molecule has 21 heavy (non-hydrogen) atoms. The second-order valence-corrected chi connectivity index (χ2v) is 6.78. The van der Waals surface area contributed by atoms with E-state index in [-0.39, 0.29) is 12.0 Å². The van der Waals surface area contributed by atoms with Gasteiger partial charge in [-0.25, -0.2) is 4.68 Å². The molecule has 0 spiro atoms. The van der Waals surface area contributed by atoms with Gasteiger partial charge in [-0.1, -0.05) is 26.0 Å². The van der Waals surface area contributed by atoms with Gasteiger partial charge >= 0.3 is 0 Å². The van der Waals surface area contributed by atoms with Crippen molar-refractivity contribution in [3.05, 3.63) is 11.9 Å². The fourth-order valence-corrected chi connectivity index (χ4v) is 2.73. The molecular weight excluding hydrogens is 278 g/mol. The van der Waals surface area contributed by atoms with Crippen molar-refractivity contribution in [1.29, 1.82) is 0 Å². The Morgan fingerprint density at radius 1 is 1.43 bits per heavy atom. The maximum Gasteiger partial charge on any atom is 0.183 e. The lowest BCUT2D eigenvalue weighted by molar-refractivity contribution is -0.244. The zero-order valence-electron chi connectivity index (χ0n) is 12.3. The van der Waals surface area contributed by atoms with Crippen LogP contribution in [-0.2, 0) is 14.9 Å². The van der Waals surface area contributed by atoms with E-state index in [1.54, 1.807) is 6.20 Å². The van der Waals surface area contributed by atoms with Crippen molar-refractivity contribution in [2.24, 2.45) is 0 Å². The molecule has 2 fully saturated rings. The summed E-state index contributed by atoms with van der Waals surface area (Å²) in [6.45, 7) is 5.63. The number of fused-ring (bicyclic) bond motifs is 2. The molecule has 1 aromatic heterocycles. The Kier molecular flexibility index (Phi) is 3.34. The third kappa shape index (κ3) is 2.18. The van der Waals surface area contributed by atoms with Crippen LogP contribution in [0.5, 0.6) is 0 Å². The summed E-state index contributed by atoms with van der Waals surface area (Å²) in [5.74, 6) is 0. The Labute approximate surface area is 122 Å². The topological polar surface area (TPSA) is 110 Å². The van der Waals surface area contributed by atoms with Gasteiger partial charge in [0.1, 0.15) is 23.9 Å². The van der Waals surface area contributed by atoms with Crippen LogP contribution in [0.2, 0.25) is 0 Å². The van der Waals surface area contributed by atoms with Crippen molar-refractivity contribution < 1.29 is 24.8 Å². The van der Waals surface area contributed by atoms with E-state index in [1.807, 2.05) is 20.8 Å². The van der Waals surface area contributed by atoms with Crippen LogP contribution in [0.25, 0.3) is 0 Å². The Bertz CT molecular complexity index is 528. The standard InChI is InChI=1S/C13H21N3O5/c1-12(2,3)7-4-16(15-14-7)8-9(18)10(19)13(5-17)6-20-11(8)21-13/h4,8-11,17-19H,5-6H2,1-3H3/t8-,9-,10-,11+,13+/m1/s1. The molecule has 2 saturated heterocycles. The number of rotatable bonds is 2. The number of aliphatic hydroxyl groups is 3. The van der Waals surface area contributed by atoms with Gasteiger partial charge in [0.05, 0.1) is 18.9 Å². The average Bonchev–Trinajstić information content (AvgIpc) is 3.03. The minimum absolute atomic E-state index is 0.0315. The number of hydrogen-bond acceptors (Lipinski definition) is 7. The second kappa shape index (κ2) is 4.72. The summed E-state index contributed by atoms with van der Waals surface area (Å²) in [7, 11) is 0. The minimum atomic E-state index is -1.26. The highest BCUT2D eigenvalue weighted by molar-refractivity contribution is 5.10. The maximum absolute atomic E-state index is 10.4. The van der Waals surface area contributed by atoms with Gasteiger partial charge < -0.3 is 24.8 Å². The first-order valence-corrected chi connectivity index (χ1v) is 6.97. The van der Waals surface area contributed by atoms with Gasteiger partial charge in [0.2, 0.25) is 0 Å². The van der Waals surface area contributed by atoms with E-state index in [1.165, 1.54) is 4.68 Å². The largest absolute Gasteiger partial charge is 0.393 e. The van der Waals surface area contributed by atoms with E-state index in [9.17, 15) is 15.3 Å². The molecule has 0 aliphatic carbocycles. The summed E-state index contributed by atoms with van der Waals surface area (Å²) in [6, 6.07) is -0.703. The van der Waals surface area contributed by atoms with Crippen LogP contribution >= 0.6 is 0 Å². The number of nitrogens with zero attached hydrogens (tertiary/aromatic N) is 3. The quantitative estimate of drug-likeness (QED) is 0.639. The normalized spacial score (nSPS) is 39.7. The predicted octanol–water partition coefficient (Wildman–Crippen LogP) is -1.04. The Balaban J connectivity index is 1.91. The molecular formula is C13H21N3O5. The summed E-state index contributed by atoms with van der Waals surface area (Å²) in [4.78, 5) is 0. The van der Waals surface area contributed by atoms with E-state index < -0.39 is 36.7 Å². The van der Waals surface area contributed by atoms with Crippen LogP contribution in [0.1, 0.15) is 32.5 Å². The first kappa shape index (κ1) is 14.9. The van der Waals surface area contributed by atoms with Crippen LogP contribution in [-0.4, -0.2) is 67.6 Å². The first-order valence-electron chi connectivity index (χ1n) is 6.97. The third-order valence-corrected chi connectivity index (χ3v) is 4.19. The summed E-state index contributed by atoms with van der Waals surface area (Å²) < 4.78 is 12.6. The van der Waals surface area contributed by atoms with Crippen LogP contribution in [0.3, 0.4) is 0 Å². The molecule has 2 aliphatic rings. The molecule has 8 nitrogen and oxygen atoms in total. The molecule has 5 atom stereocenters. The van der Waals surface area contributed by atoms with Crippen LogP contribution in [0.4, 0.5) is 0 Å². The smallest absolute Gasteiger partial charge is 0.183 e. The van der Waals surface area contributed by atoms with E-state index >= 15 is 0 Å². The van der Waals surface area contributed by atoms with Crippen molar-refractivity contribution in [3.8, 4) is 0 Å². The Morgan fingerprint density at radius 2 is 2.14 bits per heavy atom. The third-order valence-electron chi connectivity index (χ3n) is 4.19. The lowest BCUT2D eigenvalue weighted by Gasteiger charge is -2.41. The molecule has 1 aromatic rings. The lowest BCUT2D eigenvalue weighted by atomic mass is 9.88. The van der Waals surface area contributed by atoms with Gasteiger partial charge in [-0.15, -0.1) is 5.10 Å². The molecule has 0 unspecified atom stereocenters. The fraction of sp³-hybridized carbons (Fsp3) is 0.846. The molecule has 8 heteroatoms. The maximum atomic E-state index is 10.4. The minimum Gasteiger partial charge on any atom is -0.393 e. The van der Waals surface area contributed by atoms with Gasteiger partial charge in [-0.2, -0.15) is 0 Å². The first-order chi connectivity index (χ1) is 9.78. The van der Waals surface area contributed by atoms with Gasteiger partial charge in [0.25, 0.3) is 0 Å².